The van der Waals surface area contributed by atoms with Crippen LogP contribution in [0, 0.1) is 5.92 Å². The monoisotopic (exact) mass is 404 g/mol. The molecule has 0 aliphatic carbocycles. The van der Waals surface area contributed by atoms with Gasteiger partial charge in [0.25, 0.3) is 0 Å². The fourth-order valence-corrected chi connectivity index (χ4v) is 3.86. The number of carbonyl (C=O) groups excluding carboxylic acids is 4. The molecule has 0 spiro atoms. The third kappa shape index (κ3) is 5.46. The number of hydrogen-bond acceptors (Lipinski definition) is 4. The van der Waals surface area contributed by atoms with Gasteiger partial charge in [0.1, 0.15) is 6.04 Å². The second-order valence-electron chi connectivity index (χ2n) is 7.96. The molecule has 8 nitrogen and oxygen atoms in total. The molecule has 0 radical (unpaired) electrons. The highest BCUT2D eigenvalue weighted by Crippen LogP contribution is 2.23. The van der Waals surface area contributed by atoms with Crippen molar-refractivity contribution < 1.29 is 19.2 Å². The van der Waals surface area contributed by atoms with Gasteiger partial charge in [-0.15, -0.1) is 0 Å². The number of carbonyl (C=O) groups is 4. The second-order valence-corrected chi connectivity index (χ2v) is 7.96. The number of likely N-dealkylation sites (tertiary alicyclic amines) is 1. The summed E-state index contributed by atoms with van der Waals surface area (Å²) in [7, 11) is 1.66. The first kappa shape index (κ1) is 22.6. The topological polar surface area (TPSA) is 90.0 Å². The molecule has 0 aromatic heterocycles. The molecule has 1 fully saturated rings. The van der Waals surface area contributed by atoms with E-state index in [-0.39, 0.29) is 36.2 Å². The summed E-state index contributed by atoms with van der Waals surface area (Å²) in [5.74, 6) is -0.315. The average molecular weight is 405 g/mol. The molecule has 2 aliphatic rings. The van der Waals surface area contributed by atoms with Crippen LogP contribution in [0.3, 0.4) is 0 Å². The van der Waals surface area contributed by atoms with Crippen molar-refractivity contribution in [3.05, 3.63) is 23.8 Å². The lowest BCUT2D eigenvalue weighted by Gasteiger charge is -2.31. The summed E-state index contributed by atoms with van der Waals surface area (Å²) in [4.78, 5) is 53.6. The van der Waals surface area contributed by atoms with Gasteiger partial charge in [-0.1, -0.05) is 32.1 Å². The predicted molar refractivity (Wildman–Crippen MR) is 110 cm³/mol. The molecule has 1 N–H and O–H groups in total. The largest absolute Gasteiger partial charge is 0.350 e. The van der Waals surface area contributed by atoms with E-state index < -0.39 is 6.04 Å². The minimum Gasteiger partial charge on any atom is -0.350 e. The van der Waals surface area contributed by atoms with Gasteiger partial charge in [0.05, 0.1) is 12.6 Å². The molecule has 4 amide bonds. The number of amides is 4. The van der Waals surface area contributed by atoms with Gasteiger partial charge in [-0.25, -0.2) is 0 Å². The average Bonchev–Trinajstić information content (AvgIpc) is 3.40. The maximum Gasteiger partial charge on any atom is 0.249 e. The van der Waals surface area contributed by atoms with Crippen molar-refractivity contribution in [1.29, 1.82) is 0 Å². The number of likely N-dealkylation sites (N-methyl/N-ethyl adjacent to an activating group) is 1. The number of nitrogens with zero attached hydrogens (tertiary/aromatic N) is 3. The predicted octanol–water partition coefficient (Wildman–Crippen LogP) is 0.551. The summed E-state index contributed by atoms with van der Waals surface area (Å²) in [5, 5.41) is 2.37. The molecule has 29 heavy (non-hydrogen) atoms. The molecule has 2 atom stereocenters. The molecule has 0 aromatic carbocycles. The Labute approximate surface area is 172 Å². The minimum absolute atomic E-state index is 0.00120. The van der Waals surface area contributed by atoms with Crippen LogP contribution in [0.15, 0.2) is 23.8 Å². The van der Waals surface area contributed by atoms with Gasteiger partial charge in [-0.05, 0) is 25.7 Å². The van der Waals surface area contributed by atoms with Crippen molar-refractivity contribution in [3.8, 4) is 0 Å². The van der Waals surface area contributed by atoms with Crippen molar-refractivity contribution >= 4 is 24.1 Å². The van der Waals surface area contributed by atoms with Gasteiger partial charge in [0, 0.05) is 32.3 Å². The van der Waals surface area contributed by atoms with Crippen LogP contribution in [-0.4, -0.2) is 84.1 Å². The maximum atomic E-state index is 13.1. The van der Waals surface area contributed by atoms with Gasteiger partial charge in [-0.3, -0.25) is 19.2 Å². The summed E-state index contributed by atoms with van der Waals surface area (Å²) in [6.45, 7) is 7.35. The van der Waals surface area contributed by atoms with Gasteiger partial charge < -0.3 is 20.0 Å². The van der Waals surface area contributed by atoms with Gasteiger partial charge in [0.15, 0.2) is 0 Å². The van der Waals surface area contributed by atoms with Crippen molar-refractivity contribution in [1.82, 2.24) is 20.0 Å². The lowest BCUT2D eigenvalue weighted by molar-refractivity contribution is -0.141. The fraction of sp³-hybridized carbons (Fsp3) is 0.619. The zero-order valence-corrected chi connectivity index (χ0v) is 17.8. The molecule has 8 heteroatoms. The lowest BCUT2D eigenvalue weighted by atomic mass is 9.99. The molecule has 2 rings (SSSR count). The molecule has 2 aliphatic heterocycles. The highest BCUT2D eigenvalue weighted by Gasteiger charge is 2.37. The molecule has 0 bridgehead atoms. The van der Waals surface area contributed by atoms with E-state index in [1.807, 2.05) is 26.0 Å². The van der Waals surface area contributed by atoms with Crippen LogP contribution in [0.1, 0.15) is 33.6 Å². The van der Waals surface area contributed by atoms with Crippen molar-refractivity contribution in [2.75, 3.05) is 33.2 Å². The molecular weight excluding hydrogens is 372 g/mol. The summed E-state index contributed by atoms with van der Waals surface area (Å²) < 4.78 is 0. The molecule has 160 valence electrons. The molecule has 0 aromatic rings. The third-order valence-electron chi connectivity index (χ3n) is 5.55. The van der Waals surface area contributed by atoms with Crippen molar-refractivity contribution in [2.24, 2.45) is 5.92 Å². The van der Waals surface area contributed by atoms with Crippen LogP contribution in [0.5, 0.6) is 0 Å². The normalized spacial score (nSPS) is 20.2. The van der Waals surface area contributed by atoms with E-state index >= 15 is 0 Å². The van der Waals surface area contributed by atoms with E-state index in [1.54, 1.807) is 34.7 Å². The van der Waals surface area contributed by atoms with Gasteiger partial charge in [-0.2, -0.15) is 0 Å². The van der Waals surface area contributed by atoms with E-state index in [1.165, 1.54) is 0 Å². The van der Waals surface area contributed by atoms with E-state index in [4.69, 9.17) is 0 Å². The van der Waals surface area contributed by atoms with E-state index in [2.05, 4.69) is 5.32 Å². The summed E-state index contributed by atoms with van der Waals surface area (Å²) in [5.41, 5.74) is 0.519. The molecule has 2 heterocycles. The SMILES string of the molecule is CC(=C[C@H](C(C)C)N(C)C(=O)CNC=O)C(=O)N1CCC[C@H]1C(=O)N1CC=CC1. The fourth-order valence-electron chi connectivity index (χ4n) is 3.86. The van der Waals surface area contributed by atoms with Crippen molar-refractivity contribution in [3.63, 3.8) is 0 Å². The van der Waals surface area contributed by atoms with Gasteiger partial charge >= 0.3 is 0 Å². The first-order chi connectivity index (χ1) is 13.8. The van der Waals surface area contributed by atoms with Crippen molar-refractivity contribution in [2.45, 2.75) is 45.7 Å². The van der Waals surface area contributed by atoms with Crippen LogP contribution in [0.4, 0.5) is 0 Å². The Morgan fingerprint density at radius 2 is 1.90 bits per heavy atom. The third-order valence-corrected chi connectivity index (χ3v) is 5.55. The summed E-state index contributed by atoms with van der Waals surface area (Å²) in [6.07, 6.45) is 7.69. The number of nitrogens with one attached hydrogen (secondary N) is 1. The highest BCUT2D eigenvalue weighted by molar-refractivity contribution is 5.97. The molecular formula is C21H32N4O4. The zero-order chi connectivity index (χ0) is 21.6. The van der Waals surface area contributed by atoms with Crippen LogP contribution < -0.4 is 5.32 Å². The van der Waals surface area contributed by atoms with Gasteiger partial charge in [0.2, 0.25) is 24.1 Å². The Morgan fingerprint density at radius 3 is 2.48 bits per heavy atom. The Kier molecular flexibility index (Phi) is 7.99. The van der Waals surface area contributed by atoms with Crippen LogP contribution in [0.25, 0.3) is 0 Å². The molecule has 1 saturated heterocycles. The second kappa shape index (κ2) is 10.2. The quantitative estimate of drug-likeness (QED) is 0.363. The minimum atomic E-state index is -0.417. The highest BCUT2D eigenvalue weighted by atomic mass is 16.2. The first-order valence-corrected chi connectivity index (χ1v) is 10.1. The maximum absolute atomic E-state index is 13.1. The first-order valence-electron chi connectivity index (χ1n) is 10.1. The Bertz CT molecular complexity index is 693. The number of hydrogen-bond donors (Lipinski definition) is 1. The van der Waals surface area contributed by atoms with Crippen LogP contribution in [0.2, 0.25) is 0 Å². The van der Waals surface area contributed by atoms with Crippen LogP contribution >= 0.6 is 0 Å². The van der Waals surface area contributed by atoms with E-state index in [0.717, 1.165) is 6.42 Å². The van der Waals surface area contributed by atoms with E-state index in [0.29, 0.717) is 38.0 Å². The Balaban J connectivity index is 2.12. The zero-order valence-electron chi connectivity index (χ0n) is 17.8. The molecule has 0 unspecified atom stereocenters. The van der Waals surface area contributed by atoms with E-state index in [9.17, 15) is 19.2 Å². The van der Waals surface area contributed by atoms with Crippen LogP contribution in [-0.2, 0) is 19.2 Å². The Hall–Kier alpha value is -2.64. The number of rotatable bonds is 8. The molecule has 0 saturated carbocycles. The smallest absolute Gasteiger partial charge is 0.249 e. The summed E-state index contributed by atoms with van der Waals surface area (Å²) >= 11 is 0. The standard InChI is InChI=1S/C21H32N4O4/c1-15(2)18(23(4)19(27)13-22-14-26)12-16(3)20(28)25-11-7-8-17(25)21(29)24-9-5-6-10-24/h5-6,12,14-15,17-18H,7-11,13H2,1-4H3,(H,22,26)/t17-,18+/m0/s1. The lowest BCUT2D eigenvalue weighted by Crippen LogP contribution is -2.48. The Morgan fingerprint density at radius 1 is 1.24 bits per heavy atom. The summed E-state index contributed by atoms with van der Waals surface area (Å²) in [6, 6.07) is -0.709.